The van der Waals surface area contributed by atoms with Crippen LogP contribution in [0.25, 0.3) is 18.2 Å². The molecule has 9 heteroatoms. The molecule has 1 aliphatic heterocycles. The summed E-state index contributed by atoms with van der Waals surface area (Å²) in [7, 11) is 0. The second kappa shape index (κ2) is 10.5. The van der Waals surface area contributed by atoms with E-state index in [9.17, 15) is 19.2 Å². The van der Waals surface area contributed by atoms with Gasteiger partial charge in [-0.1, -0.05) is 12.1 Å². The van der Waals surface area contributed by atoms with Crippen molar-refractivity contribution in [1.82, 2.24) is 0 Å². The van der Waals surface area contributed by atoms with Crippen LogP contribution in [0.3, 0.4) is 0 Å². The largest absolute Gasteiger partial charge is 0.463 e. The van der Waals surface area contributed by atoms with Crippen LogP contribution >= 0.6 is 0 Å². The molecule has 176 valence electrons. The molecule has 2 aromatic rings. The van der Waals surface area contributed by atoms with Crippen LogP contribution in [0.1, 0.15) is 44.4 Å². The summed E-state index contributed by atoms with van der Waals surface area (Å²) in [5.41, 5.74) is 1.60. The number of ether oxygens (including phenoxy) is 5. The second-order valence-electron chi connectivity index (χ2n) is 7.03. The fraction of sp³-hybridized carbons (Fsp3) is 0.200. The summed E-state index contributed by atoms with van der Waals surface area (Å²) in [5.74, 6) is -1.68. The third-order valence-corrected chi connectivity index (χ3v) is 4.36. The Morgan fingerprint density at radius 2 is 1.47 bits per heavy atom. The van der Waals surface area contributed by atoms with E-state index >= 15 is 0 Å². The Labute approximate surface area is 195 Å². The maximum atomic E-state index is 11.8. The van der Waals surface area contributed by atoms with Gasteiger partial charge in [0.15, 0.2) is 23.0 Å². The summed E-state index contributed by atoms with van der Waals surface area (Å²) in [6, 6.07) is 6.07. The van der Waals surface area contributed by atoms with E-state index in [4.69, 9.17) is 23.7 Å². The van der Waals surface area contributed by atoms with Gasteiger partial charge in [-0.25, -0.2) is 4.79 Å². The van der Waals surface area contributed by atoms with Crippen molar-refractivity contribution in [2.75, 3.05) is 6.61 Å². The van der Waals surface area contributed by atoms with Gasteiger partial charge < -0.3 is 23.7 Å². The standard InChI is InChI=1S/C25H22O9/c1-5-30-24(29)11-8-17-7-10-20(31-14(2)26)25-19(17)9-6-18-12-22(32-15(3)27)23(33-16(4)28)13-21(18)34-25/h6-13H,5H2,1-4H3/b11-8+. The number of benzene rings is 2. The van der Waals surface area contributed by atoms with Gasteiger partial charge in [-0.3, -0.25) is 14.4 Å². The lowest BCUT2D eigenvalue weighted by molar-refractivity contribution is -0.137. The van der Waals surface area contributed by atoms with Crippen LogP contribution in [0.4, 0.5) is 0 Å². The maximum absolute atomic E-state index is 11.8. The first-order valence-corrected chi connectivity index (χ1v) is 10.3. The number of hydrogen-bond donors (Lipinski definition) is 0. The molecule has 0 fully saturated rings. The molecule has 0 radical (unpaired) electrons. The average molecular weight is 466 g/mol. The molecular weight excluding hydrogens is 444 g/mol. The minimum absolute atomic E-state index is 0.0225. The predicted molar refractivity (Wildman–Crippen MR) is 121 cm³/mol. The first-order chi connectivity index (χ1) is 16.2. The molecule has 1 aliphatic rings. The molecule has 0 N–H and O–H groups in total. The van der Waals surface area contributed by atoms with E-state index in [1.807, 2.05) is 0 Å². The molecule has 0 bridgehead atoms. The van der Waals surface area contributed by atoms with Crippen molar-refractivity contribution in [3.8, 4) is 28.7 Å². The summed E-state index contributed by atoms with van der Waals surface area (Å²) in [5, 5.41) is 0. The van der Waals surface area contributed by atoms with Crippen molar-refractivity contribution in [1.29, 1.82) is 0 Å². The number of esters is 4. The van der Waals surface area contributed by atoms with E-state index in [0.717, 1.165) is 0 Å². The molecule has 0 saturated carbocycles. The molecular formula is C25H22O9. The van der Waals surface area contributed by atoms with E-state index in [1.165, 1.54) is 45.0 Å². The van der Waals surface area contributed by atoms with Crippen molar-refractivity contribution >= 4 is 42.1 Å². The van der Waals surface area contributed by atoms with E-state index in [0.29, 0.717) is 16.7 Å². The summed E-state index contributed by atoms with van der Waals surface area (Å²) in [6.45, 7) is 5.62. The summed E-state index contributed by atoms with van der Waals surface area (Å²) < 4.78 is 26.7. The van der Waals surface area contributed by atoms with Crippen molar-refractivity contribution in [2.24, 2.45) is 0 Å². The van der Waals surface area contributed by atoms with Gasteiger partial charge >= 0.3 is 23.9 Å². The van der Waals surface area contributed by atoms with Crippen LogP contribution in [0.2, 0.25) is 0 Å². The lowest BCUT2D eigenvalue weighted by Crippen LogP contribution is -2.08. The maximum Gasteiger partial charge on any atom is 0.330 e. The number of carbonyl (C=O) groups excluding carboxylic acids is 4. The average Bonchev–Trinajstić information content (AvgIpc) is 2.92. The highest BCUT2D eigenvalue weighted by Crippen LogP contribution is 2.45. The molecule has 0 aliphatic carbocycles. The van der Waals surface area contributed by atoms with Gasteiger partial charge in [-0.05, 0) is 36.8 Å². The first-order valence-electron chi connectivity index (χ1n) is 10.3. The highest BCUT2D eigenvalue weighted by atomic mass is 16.6. The first kappa shape index (κ1) is 24.2. The van der Waals surface area contributed by atoms with Crippen molar-refractivity contribution in [3.05, 3.63) is 47.0 Å². The summed E-state index contributed by atoms with van der Waals surface area (Å²) in [6.07, 6.45) is 6.20. The fourth-order valence-corrected chi connectivity index (χ4v) is 3.13. The smallest absolute Gasteiger partial charge is 0.330 e. The monoisotopic (exact) mass is 466 g/mol. The normalized spacial score (nSPS) is 11.5. The molecule has 9 nitrogen and oxygen atoms in total. The van der Waals surface area contributed by atoms with Crippen LogP contribution < -0.4 is 18.9 Å². The molecule has 0 amide bonds. The van der Waals surface area contributed by atoms with E-state index in [1.54, 1.807) is 31.2 Å². The Morgan fingerprint density at radius 1 is 0.853 bits per heavy atom. The van der Waals surface area contributed by atoms with E-state index in [-0.39, 0.29) is 35.4 Å². The lowest BCUT2D eigenvalue weighted by atomic mass is 10.0. The Bertz CT molecular complexity index is 1220. The molecule has 34 heavy (non-hydrogen) atoms. The van der Waals surface area contributed by atoms with Gasteiger partial charge in [-0.2, -0.15) is 0 Å². The zero-order valence-electron chi connectivity index (χ0n) is 19.0. The van der Waals surface area contributed by atoms with Gasteiger partial charge in [0.25, 0.3) is 0 Å². The van der Waals surface area contributed by atoms with Gasteiger partial charge in [0, 0.05) is 44.0 Å². The Kier molecular flexibility index (Phi) is 7.47. The highest BCUT2D eigenvalue weighted by molar-refractivity contribution is 5.91. The molecule has 2 aromatic carbocycles. The third kappa shape index (κ3) is 5.89. The van der Waals surface area contributed by atoms with Gasteiger partial charge in [0.1, 0.15) is 5.75 Å². The van der Waals surface area contributed by atoms with Gasteiger partial charge in [-0.15, -0.1) is 0 Å². The van der Waals surface area contributed by atoms with Gasteiger partial charge in [0.05, 0.1) is 6.61 Å². The van der Waals surface area contributed by atoms with Crippen molar-refractivity contribution in [3.63, 3.8) is 0 Å². The molecule has 0 aromatic heterocycles. The zero-order valence-corrected chi connectivity index (χ0v) is 19.0. The quantitative estimate of drug-likeness (QED) is 0.298. The van der Waals surface area contributed by atoms with E-state index < -0.39 is 23.9 Å². The zero-order chi connectivity index (χ0) is 24.8. The van der Waals surface area contributed by atoms with Crippen LogP contribution in [0.15, 0.2) is 30.3 Å². The topological polar surface area (TPSA) is 114 Å². The summed E-state index contributed by atoms with van der Waals surface area (Å²) >= 11 is 0. The third-order valence-electron chi connectivity index (χ3n) is 4.36. The lowest BCUT2D eigenvalue weighted by Gasteiger charge is -2.16. The Morgan fingerprint density at radius 3 is 2.09 bits per heavy atom. The van der Waals surface area contributed by atoms with Crippen LogP contribution in [-0.4, -0.2) is 30.5 Å². The van der Waals surface area contributed by atoms with Crippen molar-refractivity contribution < 1.29 is 42.9 Å². The summed E-state index contributed by atoms with van der Waals surface area (Å²) in [4.78, 5) is 46.5. The molecule has 0 unspecified atom stereocenters. The Balaban J connectivity index is 2.14. The molecule has 0 spiro atoms. The second-order valence-corrected chi connectivity index (χ2v) is 7.03. The van der Waals surface area contributed by atoms with E-state index in [2.05, 4.69) is 0 Å². The number of hydrogen-bond acceptors (Lipinski definition) is 9. The van der Waals surface area contributed by atoms with Gasteiger partial charge in [0.2, 0.25) is 0 Å². The van der Waals surface area contributed by atoms with Crippen molar-refractivity contribution in [2.45, 2.75) is 27.7 Å². The minimum atomic E-state index is -0.620. The fourth-order valence-electron chi connectivity index (χ4n) is 3.13. The number of fused-ring (bicyclic) bond motifs is 2. The highest BCUT2D eigenvalue weighted by Gasteiger charge is 2.22. The molecule has 0 saturated heterocycles. The number of carbonyl (C=O) groups is 4. The Hall–Kier alpha value is -4.40. The van der Waals surface area contributed by atoms with Crippen LogP contribution in [0, 0.1) is 0 Å². The SMILES string of the molecule is CCOC(=O)/C=C/c1ccc(OC(C)=O)c2c1C=Cc1cc(OC(C)=O)c(OC(C)=O)cc1O2. The minimum Gasteiger partial charge on any atom is -0.463 e. The number of rotatable bonds is 6. The molecule has 0 atom stereocenters. The molecule has 1 heterocycles. The van der Waals surface area contributed by atoms with Crippen LogP contribution in [-0.2, 0) is 23.9 Å². The van der Waals surface area contributed by atoms with Crippen LogP contribution in [0.5, 0.6) is 28.7 Å². The molecule has 3 rings (SSSR count). The predicted octanol–water partition coefficient (Wildman–Crippen LogP) is 4.31.